The molecule has 5 rings (SSSR count). The molecular weight excluding hydrogens is 422 g/mol. The highest BCUT2D eigenvalue weighted by molar-refractivity contribution is 5.97. The van der Waals surface area contributed by atoms with Gasteiger partial charge in [0.15, 0.2) is 5.78 Å². The minimum absolute atomic E-state index is 0.0936. The summed E-state index contributed by atoms with van der Waals surface area (Å²) in [4.78, 5) is 29.9. The Hall–Kier alpha value is -4.13. The maximum atomic E-state index is 15.4. The van der Waals surface area contributed by atoms with Crippen molar-refractivity contribution in [3.05, 3.63) is 107 Å². The van der Waals surface area contributed by atoms with Crippen LogP contribution in [-0.2, 0) is 19.3 Å². The quantitative estimate of drug-likeness (QED) is 0.392. The molecule has 0 fully saturated rings. The topological polar surface area (TPSA) is 68.1 Å². The molecule has 3 heterocycles. The molecule has 0 radical (unpaired) electrons. The van der Waals surface area contributed by atoms with Gasteiger partial charge in [-0.15, -0.1) is 0 Å². The van der Waals surface area contributed by atoms with Crippen molar-refractivity contribution in [3.8, 4) is 11.3 Å². The third kappa shape index (κ3) is 4.05. The number of aromatic nitrogens is 3. The Morgan fingerprint density at radius 2 is 1.79 bits per heavy atom. The van der Waals surface area contributed by atoms with Gasteiger partial charge in [0.1, 0.15) is 29.3 Å². The molecule has 0 unspecified atom stereocenters. The maximum absolute atomic E-state index is 15.4. The second-order valence-corrected chi connectivity index (χ2v) is 7.67. The molecule has 0 N–H and O–H groups in total. The van der Waals surface area contributed by atoms with E-state index in [9.17, 15) is 9.18 Å². The van der Waals surface area contributed by atoms with Crippen LogP contribution in [0.2, 0.25) is 0 Å². The van der Waals surface area contributed by atoms with Crippen molar-refractivity contribution in [2.75, 3.05) is 0 Å². The molecular formula is C26H18F2N4O. The highest BCUT2D eigenvalue weighted by Crippen LogP contribution is 2.35. The van der Waals surface area contributed by atoms with Gasteiger partial charge in [-0.05, 0) is 23.8 Å². The van der Waals surface area contributed by atoms with Crippen molar-refractivity contribution in [1.29, 1.82) is 0 Å². The number of nitrogens with zero attached hydrogens (tertiary/aromatic N) is 4. The van der Waals surface area contributed by atoms with E-state index in [4.69, 9.17) is 0 Å². The second kappa shape index (κ2) is 8.78. The summed E-state index contributed by atoms with van der Waals surface area (Å²) in [6.07, 6.45) is 5.14. The summed E-state index contributed by atoms with van der Waals surface area (Å²) in [5, 5.41) is 0. The summed E-state index contributed by atoms with van der Waals surface area (Å²) >= 11 is 0. The van der Waals surface area contributed by atoms with Crippen LogP contribution in [0.15, 0.2) is 72.1 Å². The predicted molar refractivity (Wildman–Crippen MR) is 121 cm³/mol. The first-order valence-electron chi connectivity index (χ1n) is 10.5. The lowest BCUT2D eigenvalue weighted by atomic mass is 9.96. The van der Waals surface area contributed by atoms with E-state index in [2.05, 4.69) is 19.9 Å². The molecule has 4 aromatic rings. The van der Waals surface area contributed by atoms with E-state index >= 15 is 4.39 Å². The molecule has 0 amide bonds. The Labute approximate surface area is 188 Å². The van der Waals surface area contributed by atoms with Gasteiger partial charge in [0.05, 0.1) is 11.4 Å². The first-order chi connectivity index (χ1) is 16.1. The van der Waals surface area contributed by atoms with Crippen molar-refractivity contribution >= 4 is 17.7 Å². The highest BCUT2D eigenvalue weighted by atomic mass is 19.1. The number of rotatable bonds is 6. The van der Waals surface area contributed by atoms with E-state index in [1.807, 2.05) is 0 Å². The van der Waals surface area contributed by atoms with Crippen LogP contribution in [0.3, 0.4) is 0 Å². The SMILES string of the molecule is O=C(Cc1ccc(F)c(Cc2ncccc2-c2ncnc3c2N=CC3)c1F)c1ccccc1. The maximum Gasteiger partial charge on any atom is 0.167 e. The average Bonchev–Trinajstić information content (AvgIpc) is 3.33. The van der Waals surface area contributed by atoms with Gasteiger partial charge in [-0.2, -0.15) is 0 Å². The molecule has 0 atom stereocenters. The molecule has 7 heteroatoms. The number of aliphatic imine (C=N–C) groups is 1. The monoisotopic (exact) mass is 440 g/mol. The van der Waals surface area contributed by atoms with Gasteiger partial charge >= 0.3 is 0 Å². The minimum Gasteiger partial charge on any atom is -0.294 e. The summed E-state index contributed by atoms with van der Waals surface area (Å²) in [5.74, 6) is -1.66. The van der Waals surface area contributed by atoms with Crippen molar-refractivity contribution < 1.29 is 13.6 Å². The van der Waals surface area contributed by atoms with Crippen LogP contribution in [-0.4, -0.2) is 26.9 Å². The van der Waals surface area contributed by atoms with Crippen molar-refractivity contribution in [1.82, 2.24) is 15.0 Å². The fourth-order valence-corrected chi connectivity index (χ4v) is 3.93. The number of hydrogen-bond donors (Lipinski definition) is 0. The number of ketones is 1. The number of carbonyl (C=O) groups excluding carboxylic acids is 1. The Balaban J connectivity index is 1.50. The van der Waals surface area contributed by atoms with E-state index in [1.165, 1.54) is 18.5 Å². The van der Waals surface area contributed by atoms with Gasteiger partial charge < -0.3 is 0 Å². The van der Waals surface area contributed by atoms with Crippen LogP contribution >= 0.6 is 0 Å². The van der Waals surface area contributed by atoms with Crippen LogP contribution < -0.4 is 0 Å². The second-order valence-electron chi connectivity index (χ2n) is 7.67. The number of pyridine rings is 1. The zero-order valence-electron chi connectivity index (χ0n) is 17.5. The fraction of sp³-hybridized carbons (Fsp3) is 0.115. The number of halogens is 2. The summed E-state index contributed by atoms with van der Waals surface area (Å²) < 4.78 is 30.1. The standard InChI is InChI=1S/C26H18F2N4O/c27-20-9-8-17(13-23(33)16-5-2-1-3-6-16)24(28)19(20)14-22-18(7-4-11-29-22)25-26-21(10-12-30-26)31-15-32-25/h1-9,11-12,15H,10,13-14H2. The average molecular weight is 440 g/mol. The number of fused-ring (bicyclic) bond motifs is 1. The first-order valence-corrected chi connectivity index (χ1v) is 10.5. The minimum atomic E-state index is -0.734. The molecule has 0 bridgehead atoms. The number of Topliss-reactive ketones (excluding diaryl/α,β-unsaturated/α-hetero) is 1. The van der Waals surface area contributed by atoms with Gasteiger partial charge in [0.2, 0.25) is 0 Å². The molecule has 2 aromatic carbocycles. The first kappa shape index (κ1) is 20.8. The van der Waals surface area contributed by atoms with Crippen LogP contribution in [0.5, 0.6) is 0 Å². The summed E-state index contributed by atoms with van der Waals surface area (Å²) in [5.41, 5.74) is 3.61. The Kier molecular flexibility index (Phi) is 5.52. The smallest absolute Gasteiger partial charge is 0.167 e. The van der Waals surface area contributed by atoms with Crippen molar-refractivity contribution in [2.45, 2.75) is 19.3 Å². The summed E-state index contributed by atoms with van der Waals surface area (Å²) in [7, 11) is 0. The van der Waals surface area contributed by atoms with Crippen LogP contribution in [0.4, 0.5) is 14.5 Å². The van der Waals surface area contributed by atoms with Gasteiger partial charge in [-0.1, -0.05) is 36.4 Å². The molecule has 0 aliphatic carbocycles. The molecule has 162 valence electrons. The lowest BCUT2D eigenvalue weighted by molar-refractivity contribution is 0.0991. The highest BCUT2D eigenvalue weighted by Gasteiger charge is 2.22. The lowest BCUT2D eigenvalue weighted by Gasteiger charge is -2.13. The normalized spacial score (nSPS) is 12.1. The van der Waals surface area contributed by atoms with Crippen molar-refractivity contribution in [2.24, 2.45) is 4.99 Å². The van der Waals surface area contributed by atoms with E-state index in [0.29, 0.717) is 34.6 Å². The molecule has 33 heavy (non-hydrogen) atoms. The summed E-state index contributed by atoms with van der Waals surface area (Å²) in [6.45, 7) is 0. The number of benzene rings is 2. The van der Waals surface area contributed by atoms with Crippen LogP contribution in [0.1, 0.15) is 32.9 Å². The zero-order chi connectivity index (χ0) is 22.8. The Morgan fingerprint density at radius 3 is 2.64 bits per heavy atom. The Morgan fingerprint density at radius 1 is 0.939 bits per heavy atom. The van der Waals surface area contributed by atoms with Gasteiger partial charge in [-0.25, -0.2) is 18.7 Å². The predicted octanol–water partition coefficient (Wildman–Crippen LogP) is 5.09. The van der Waals surface area contributed by atoms with Gasteiger partial charge in [0, 0.05) is 48.4 Å². The molecule has 1 aliphatic heterocycles. The Bertz CT molecular complexity index is 1390. The zero-order valence-corrected chi connectivity index (χ0v) is 17.5. The molecule has 5 nitrogen and oxygen atoms in total. The molecule has 2 aromatic heterocycles. The van der Waals surface area contributed by atoms with E-state index in [1.54, 1.807) is 54.9 Å². The van der Waals surface area contributed by atoms with Gasteiger partial charge in [0.25, 0.3) is 0 Å². The molecule has 0 saturated heterocycles. The molecule has 0 saturated carbocycles. The largest absolute Gasteiger partial charge is 0.294 e. The van der Waals surface area contributed by atoms with E-state index in [-0.39, 0.29) is 29.8 Å². The van der Waals surface area contributed by atoms with Crippen LogP contribution in [0, 0.1) is 11.6 Å². The lowest BCUT2D eigenvalue weighted by Crippen LogP contribution is -2.09. The summed E-state index contributed by atoms with van der Waals surface area (Å²) in [6, 6.07) is 14.7. The molecule has 1 aliphatic rings. The molecule has 0 spiro atoms. The van der Waals surface area contributed by atoms with Crippen LogP contribution in [0.25, 0.3) is 11.3 Å². The van der Waals surface area contributed by atoms with Crippen molar-refractivity contribution in [3.63, 3.8) is 0 Å². The van der Waals surface area contributed by atoms with E-state index in [0.717, 1.165) is 5.69 Å². The number of hydrogen-bond acceptors (Lipinski definition) is 5. The number of carbonyl (C=O) groups is 1. The van der Waals surface area contributed by atoms with E-state index < -0.39 is 11.6 Å². The third-order valence-electron chi connectivity index (χ3n) is 5.61. The third-order valence-corrected chi connectivity index (χ3v) is 5.61. The van der Waals surface area contributed by atoms with Gasteiger partial charge in [-0.3, -0.25) is 14.8 Å². The fourth-order valence-electron chi connectivity index (χ4n) is 3.93.